The van der Waals surface area contributed by atoms with Gasteiger partial charge in [0.15, 0.2) is 0 Å². The van der Waals surface area contributed by atoms with Crippen LogP contribution in [-0.4, -0.2) is 29.2 Å². The molecule has 3 nitrogen and oxygen atoms in total. The summed E-state index contributed by atoms with van der Waals surface area (Å²) in [6.45, 7) is 4.77. The molecule has 1 aromatic rings. The number of nitrogen functional groups attached to an aromatic ring is 1. The summed E-state index contributed by atoms with van der Waals surface area (Å²) in [5.41, 5.74) is 7.33. The molecule has 0 atom stereocenters. The van der Waals surface area contributed by atoms with E-state index in [1.807, 2.05) is 33.0 Å². The van der Waals surface area contributed by atoms with Crippen LogP contribution in [-0.2, 0) is 6.54 Å². The zero-order chi connectivity index (χ0) is 12.3. The molecule has 0 spiro atoms. The molecule has 90 valence electrons. The molecule has 0 amide bonds. The van der Waals surface area contributed by atoms with Crippen LogP contribution >= 0.6 is 11.6 Å². The third kappa shape index (κ3) is 3.11. The molecule has 0 aliphatic carbocycles. The first-order valence-electron chi connectivity index (χ1n) is 5.23. The van der Waals surface area contributed by atoms with Crippen LogP contribution in [0.3, 0.4) is 0 Å². The van der Waals surface area contributed by atoms with E-state index in [1.54, 1.807) is 6.07 Å². The number of anilines is 1. The Morgan fingerprint density at radius 3 is 2.56 bits per heavy atom. The third-order valence-corrected chi connectivity index (χ3v) is 3.17. The molecule has 0 aliphatic rings. The Labute approximate surface area is 102 Å². The van der Waals surface area contributed by atoms with Crippen molar-refractivity contribution in [1.82, 2.24) is 4.90 Å². The van der Waals surface area contributed by atoms with Crippen molar-refractivity contribution in [3.05, 3.63) is 28.8 Å². The molecule has 1 rings (SSSR count). The Kier molecular flexibility index (Phi) is 4.19. The van der Waals surface area contributed by atoms with Gasteiger partial charge in [-0.05, 0) is 38.6 Å². The molecule has 0 fully saturated rings. The van der Waals surface area contributed by atoms with Gasteiger partial charge in [-0.1, -0.05) is 17.7 Å². The zero-order valence-corrected chi connectivity index (χ0v) is 10.8. The minimum atomic E-state index is -0.258. The fourth-order valence-electron chi connectivity index (χ4n) is 1.30. The molecule has 0 aromatic heterocycles. The summed E-state index contributed by atoms with van der Waals surface area (Å²) in [6.07, 6.45) is 0. The van der Waals surface area contributed by atoms with Crippen molar-refractivity contribution < 1.29 is 5.11 Å². The first kappa shape index (κ1) is 13.3. The topological polar surface area (TPSA) is 49.5 Å². The SMILES string of the molecule is CN(Cc1ccc(Cl)cc1N)C(C)(C)CO. The van der Waals surface area contributed by atoms with Gasteiger partial charge in [0.25, 0.3) is 0 Å². The number of nitrogens with zero attached hydrogens (tertiary/aromatic N) is 1. The minimum Gasteiger partial charge on any atom is -0.398 e. The lowest BCUT2D eigenvalue weighted by molar-refractivity contribution is 0.0735. The van der Waals surface area contributed by atoms with Gasteiger partial charge < -0.3 is 10.8 Å². The van der Waals surface area contributed by atoms with E-state index in [-0.39, 0.29) is 12.1 Å². The van der Waals surface area contributed by atoms with Gasteiger partial charge in [-0.15, -0.1) is 0 Å². The molecule has 3 N–H and O–H groups in total. The molecular weight excluding hydrogens is 224 g/mol. The van der Waals surface area contributed by atoms with Crippen LogP contribution in [0.5, 0.6) is 0 Å². The number of hydrogen-bond acceptors (Lipinski definition) is 3. The lowest BCUT2D eigenvalue weighted by atomic mass is 10.0. The number of benzene rings is 1. The number of likely N-dealkylation sites (N-methyl/N-ethyl adjacent to an activating group) is 1. The van der Waals surface area contributed by atoms with Gasteiger partial charge in [0.2, 0.25) is 0 Å². The van der Waals surface area contributed by atoms with Crippen molar-refractivity contribution in [3.8, 4) is 0 Å². The molecule has 0 saturated carbocycles. The van der Waals surface area contributed by atoms with Crippen molar-refractivity contribution in [2.45, 2.75) is 25.9 Å². The van der Waals surface area contributed by atoms with E-state index in [0.29, 0.717) is 17.3 Å². The fourth-order valence-corrected chi connectivity index (χ4v) is 1.48. The number of nitrogens with two attached hydrogens (primary N) is 1. The second-order valence-electron chi connectivity index (χ2n) is 4.67. The Bertz CT molecular complexity index is 366. The summed E-state index contributed by atoms with van der Waals surface area (Å²) in [7, 11) is 1.96. The van der Waals surface area contributed by atoms with Crippen molar-refractivity contribution in [2.24, 2.45) is 0 Å². The van der Waals surface area contributed by atoms with Gasteiger partial charge in [0, 0.05) is 22.8 Å². The third-order valence-electron chi connectivity index (χ3n) is 2.94. The summed E-state index contributed by atoms with van der Waals surface area (Å²) in [5, 5.41) is 9.91. The molecular formula is C12H19ClN2O. The molecule has 0 radical (unpaired) electrons. The maximum Gasteiger partial charge on any atom is 0.0610 e. The van der Waals surface area contributed by atoms with Crippen LogP contribution in [0.4, 0.5) is 5.69 Å². The molecule has 0 saturated heterocycles. The number of aliphatic hydroxyl groups excluding tert-OH is 1. The molecule has 1 aromatic carbocycles. The van der Waals surface area contributed by atoms with Gasteiger partial charge in [-0.3, -0.25) is 4.90 Å². The number of hydrogen-bond donors (Lipinski definition) is 2. The maximum absolute atomic E-state index is 9.26. The molecule has 16 heavy (non-hydrogen) atoms. The van der Waals surface area contributed by atoms with Crippen molar-refractivity contribution in [2.75, 3.05) is 19.4 Å². The van der Waals surface area contributed by atoms with Crippen molar-refractivity contribution >= 4 is 17.3 Å². The second-order valence-corrected chi connectivity index (χ2v) is 5.11. The van der Waals surface area contributed by atoms with E-state index < -0.39 is 0 Å². The highest BCUT2D eigenvalue weighted by Gasteiger charge is 2.22. The summed E-state index contributed by atoms with van der Waals surface area (Å²) in [6, 6.07) is 5.49. The highest BCUT2D eigenvalue weighted by atomic mass is 35.5. The van der Waals surface area contributed by atoms with E-state index in [4.69, 9.17) is 17.3 Å². The summed E-state index contributed by atoms with van der Waals surface area (Å²) >= 11 is 5.84. The van der Waals surface area contributed by atoms with E-state index >= 15 is 0 Å². The quantitative estimate of drug-likeness (QED) is 0.796. The van der Waals surface area contributed by atoms with Gasteiger partial charge in [-0.2, -0.15) is 0 Å². The molecule has 0 aliphatic heterocycles. The Morgan fingerprint density at radius 2 is 2.06 bits per heavy atom. The average molecular weight is 243 g/mol. The maximum atomic E-state index is 9.26. The van der Waals surface area contributed by atoms with Gasteiger partial charge in [-0.25, -0.2) is 0 Å². The summed E-state index contributed by atoms with van der Waals surface area (Å²) < 4.78 is 0. The van der Waals surface area contributed by atoms with Gasteiger partial charge in [0.05, 0.1) is 6.61 Å². The smallest absolute Gasteiger partial charge is 0.0610 e. The lowest BCUT2D eigenvalue weighted by Gasteiger charge is -2.34. The largest absolute Gasteiger partial charge is 0.398 e. The molecule has 4 heteroatoms. The second kappa shape index (κ2) is 5.04. The number of halogens is 1. The van der Waals surface area contributed by atoms with E-state index in [9.17, 15) is 5.11 Å². The van der Waals surface area contributed by atoms with Crippen LogP contribution in [0.2, 0.25) is 5.02 Å². The van der Waals surface area contributed by atoms with Crippen molar-refractivity contribution in [3.63, 3.8) is 0 Å². The number of rotatable bonds is 4. The molecule has 0 bridgehead atoms. The van der Waals surface area contributed by atoms with Crippen LogP contribution < -0.4 is 5.73 Å². The van der Waals surface area contributed by atoms with Gasteiger partial charge >= 0.3 is 0 Å². The Hall–Kier alpha value is -0.770. The Balaban J connectivity index is 2.81. The van der Waals surface area contributed by atoms with E-state index in [2.05, 4.69) is 4.90 Å². The normalized spacial score (nSPS) is 12.1. The first-order chi connectivity index (χ1) is 7.36. The van der Waals surface area contributed by atoms with Crippen LogP contribution in [0.25, 0.3) is 0 Å². The molecule has 0 unspecified atom stereocenters. The van der Waals surface area contributed by atoms with Crippen LogP contribution in [0.1, 0.15) is 19.4 Å². The number of aliphatic hydroxyl groups is 1. The fraction of sp³-hybridized carbons (Fsp3) is 0.500. The van der Waals surface area contributed by atoms with E-state index in [0.717, 1.165) is 5.56 Å². The van der Waals surface area contributed by atoms with Gasteiger partial charge in [0.1, 0.15) is 0 Å². The predicted octanol–water partition coefficient (Wildman–Crippen LogP) is 2.12. The Morgan fingerprint density at radius 1 is 1.44 bits per heavy atom. The average Bonchev–Trinajstić information content (AvgIpc) is 2.22. The lowest BCUT2D eigenvalue weighted by Crippen LogP contribution is -2.43. The van der Waals surface area contributed by atoms with Crippen LogP contribution in [0, 0.1) is 0 Å². The first-order valence-corrected chi connectivity index (χ1v) is 5.60. The highest BCUT2D eigenvalue weighted by molar-refractivity contribution is 6.30. The van der Waals surface area contributed by atoms with Crippen molar-refractivity contribution in [1.29, 1.82) is 0 Å². The van der Waals surface area contributed by atoms with E-state index in [1.165, 1.54) is 0 Å². The molecule has 0 heterocycles. The summed E-state index contributed by atoms with van der Waals surface area (Å²) in [5.74, 6) is 0. The zero-order valence-electron chi connectivity index (χ0n) is 10.00. The predicted molar refractivity (Wildman–Crippen MR) is 68.5 cm³/mol. The monoisotopic (exact) mass is 242 g/mol. The minimum absolute atomic E-state index is 0.108. The highest BCUT2D eigenvalue weighted by Crippen LogP contribution is 2.22. The summed E-state index contributed by atoms with van der Waals surface area (Å²) in [4.78, 5) is 2.06. The van der Waals surface area contributed by atoms with Crippen LogP contribution in [0.15, 0.2) is 18.2 Å². The standard InChI is InChI=1S/C12H19ClN2O/c1-12(2,8-16)15(3)7-9-4-5-10(13)6-11(9)14/h4-6,16H,7-8,14H2,1-3H3.